The highest BCUT2D eigenvalue weighted by Crippen LogP contribution is 2.28. The van der Waals surface area contributed by atoms with Gasteiger partial charge in [0, 0.05) is 11.3 Å². The number of nitrogens with zero attached hydrogens (tertiary/aromatic N) is 2. The van der Waals surface area contributed by atoms with Gasteiger partial charge in [0.2, 0.25) is 5.78 Å². The van der Waals surface area contributed by atoms with Crippen molar-refractivity contribution in [3.05, 3.63) is 58.9 Å². The zero-order chi connectivity index (χ0) is 14.9. The highest BCUT2D eigenvalue weighted by molar-refractivity contribution is 6.10. The van der Waals surface area contributed by atoms with Gasteiger partial charge in [-0.25, -0.2) is 0 Å². The van der Waals surface area contributed by atoms with Crippen LogP contribution in [0.4, 0.5) is 0 Å². The predicted molar refractivity (Wildman–Crippen MR) is 82.7 cm³/mol. The van der Waals surface area contributed by atoms with Gasteiger partial charge in [-0.15, -0.1) is 0 Å². The topological polar surface area (TPSA) is 74.4 Å². The molecule has 22 heavy (non-hydrogen) atoms. The SMILES string of the molecule is O=C(c1ccccc1)c1n[nH]nc1-c1cc2c([nH]1)CCCC2. The van der Waals surface area contributed by atoms with Crippen LogP contribution in [0.5, 0.6) is 0 Å². The second-order valence-corrected chi connectivity index (χ2v) is 5.61. The average molecular weight is 292 g/mol. The maximum atomic E-state index is 12.6. The molecule has 0 aliphatic heterocycles. The van der Waals surface area contributed by atoms with Crippen LogP contribution in [0.25, 0.3) is 11.4 Å². The number of fused-ring (bicyclic) bond motifs is 1. The number of hydrogen-bond donors (Lipinski definition) is 2. The lowest BCUT2D eigenvalue weighted by molar-refractivity contribution is 0.103. The molecule has 2 aromatic heterocycles. The molecule has 0 amide bonds. The highest BCUT2D eigenvalue weighted by atomic mass is 16.1. The summed E-state index contributed by atoms with van der Waals surface area (Å²) in [5, 5.41) is 10.8. The second kappa shape index (κ2) is 5.26. The third kappa shape index (κ3) is 2.15. The minimum atomic E-state index is -0.114. The number of ketones is 1. The predicted octanol–water partition coefficient (Wildman–Crippen LogP) is 2.91. The van der Waals surface area contributed by atoms with Crippen LogP contribution in [0.1, 0.15) is 40.2 Å². The lowest BCUT2D eigenvalue weighted by Gasteiger charge is -2.08. The maximum absolute atomic E-state index is 12.6. The van der Waals surface area contributed by atoms with Gasteiger partial charge in [-0.05, 0) is 37.3 Å². The van der Waals surface area contributed by atoms with Crippen molar-refractivity contribution in [2.75, 3.05) is 0 Å². The van der Waals surface area contributed by atoms with Gasteiger partial charge < -0.3 is 4.98 Å². The number of benzene rings is 1. The molecule has 0 bridgehead atoms. The molecule has 1 aliphatic rings. The van der Waals surface area contributed by atoms with Gasteiger partial charge >= 0.3 is 0 Å². The van der Waals surface area contributed by atoms with E-state index in [2.05, 4.69) is 26.5 Å². The molecule has 4 rings (SSSR count). The summed E-state index contributed by atoms with van der Waals surface area (Å²) in [4.78, 5) is 16.0. The van der Waals surface area contributed by atoms with E-state index in [1.807, 2.05) is 18.2 Å². The van der Waals surface area contributed by atoms with E-state index in [4.69, 9.17) is 0 Å². The molecular formula is C17H16N4O. The smallest absolute Gasteiger partial charge is 0.215 e. The summed E-state index contributed by atoms with van der Waals surface area (Å²) in [6.07, 6.45) is 4.58. The Morgan fingerprint density at radius 2 is 1.86 bits per heavy atom. The summed E-state index contributed by atoms with van der Waals surface area (Å²) >= 11 is 0. The Morgan fingerprint density at radius 3 is 2.68 bits per heavy atom. The van der Waals surface area contributed by atoms with Crippen LogP contribution in [0.15, 0.2) is 36.4 Å². The molecular weight excluding hydrogens is 276 g/mol. The number of carbonyl (C=O) groups is 1. The molecule has 5 nitrogen and oxygen atoms in total. The van der Waals surface area contributed by atoms with Gasteiger partial charge in [0.15, 0.2) is 5.69 Å². The number of carbonyl (C=O) groups excluding carboxylic acids is 1. The number of nitrogens with one attached hydrogen (secondary N) is 2. The van der Waals surface area contributed by atoms with Crippen LogP contribution in [0.2, 0.25) is 0 Å². The van der Waals surface area contributed by atoms with Crippen molar-refractivity contribution in [2.45, 2.75) is 25.7 Å². The zero-order valence-electron chi connectivity index (χ0n) is 12.1. The van der Waals surface area contributed by atoms with Crippen molar-refractivity contribution in [1.29, 1.82) is 0 Å². The summed E-state index contributed by atoms with van der Waals surface area (Å²) in [6.45, 7) is 0. The van der Waals surface area contributed by atoms with E-state index in [1.54, 1.807) is 12.1 Å². The van der Waals surface area contributed by atoms with Crippen molar-refractivity contribution in [3.63, 3.8) is 0 Å². The summed E-state index contributed by atoms with van der Waals surface area (Å²) < 4.78 is 0. The van der Waals surface area contributed by atoms with Crippen LogP contribution < -0.4 is 0 Å². The third-order valence-electron chi connectivity index (χ3n) is 4.17. The Bertz CT molecular complexity index is 793. The molecule has 110 valence electrons. The van der Waals surface area contributed by atoms with Crippen LogP contribution in [0.3, 0.4) is 0 Å². The van der Waals surface area contributed by atoms with E-state index < -0.39 is 0 Å². The maximum Gasteiger partial charge on any atom is 0.215 e. The lowest BCUT2D eigenvalue weighted by Crippen LogP contribution is -2.03. The molecule has 2 N–H and O–H groups in total. The van der Waals surface area contributed by atoms with Crippen LogP contribution in [-0.4, -0.2) is 26.2 Å². The number of H-pyrrole nitrogens is 2. The molecule has 1 aromatic carbocycles. The summed E-state index contributed by atoms with van der Waals surface area (Å²) in [7, 11) is 0. The summed E-state index contributed by atoms with van der Waals surface area (Å²) in [6, 6.07) is 11.3. The largest absolute Gasteiger partial charge is 0.357 e. The Morgan fingerprint density at radius 1 is 1.05 bits per heavy atom. The van der Waals surface area contributed by atoms with E-state index in [1.165, 1.54) is 24.1 Å². The molecule has 2 heterocycles. The molecule has 3 aromatic rings. The molecule has 0 saturated carbocycles. The van der Waals surface area contributed by atoms with Crippen molar-refractivity contribution in [1.82, 2.24) is 20.4 Å². The molecule has 0 radical (unpaired) electrons. The molecule has 0 saturated heterocycles. The molecule has 0 unspecified atom stereocenters. The van der Waals surface area contributed by atoms with Crippen LogP contribution in [-0.2, 0) is 12.8 Å². The standard InChI is InChI=1S/C17H16N4O/c22-17(11-6-2-1-3-7-11)16-15(19-21-20-16)14-10-12-8-4-5-9-13(12)18-14/h1-3,6-7,10,18H,4-5,8-9H2,(H,19,20,21). The van der Waals surface area contributed by atoms with E-state index in [9.17, 15) is 4.79 Å². The monoisotopic (exact) mass is 292 g/mol. The number of aromatic nitrogens is 4. The van der Waals surface area contributed by atoms with E-state index in [-0.39, 0.29) is 5.78 Å². The first-order valence-electron chi connectivity index (χ1n) is 7.54. The van der Waals surface area contributed by atoms with Crippen molar-refractivity contribution < 1.29 is 4.79 Å². The first-order chi connectivity index (χ1) is 10.8. The fourth-order valence-electron chi connectivity index (χ4n) is 3.03. The minimum Gasteiger partial charge on any atom is -0.357 e. The highest BCUT2D eigenvalue weighted by Gasteiger charge is 2.22. The van der Waals surface area contributed by atoms with Gasteiger partial charge in [-0.2, -0.15) is 15.4 Å². The first kappa shape index (κ1) is 13.0. The molecule has 0 atom stereocenters. The summed E-state index contributed by atoms with van der Waals surface area (Å²) in [5.41, 5.74) is 5.06. The van der Waals surface area contributed by atoms with Crippen molar-refractivity contribution in [2.24, 2.45) is 0 Å². The van der Waals surface area contributed by atoms with Crippen molar-refractivity contribution >= 4 is 5.78 Å². The van der Waals surface area contributed by atoms with Gasteiger partial charge in [-0.3, -0.25) is 4.79 Å². The number of rotatable bonds is 3. The quantitative estimate of drug-likeness (QED) is 0.729. The van der Waals surface area contributed by atoms with Crippen molar-refractivity contribution in [3.8, 4) is 11.4 Å². The Hall–Kier alpha value is -2.69. The Labute approximate surface area is 127 Å². The lowest BCUT2D eigenvalue weighted by atomic mass is 9.98. The van der Waals surface area contributed by atoms with Crippen LogP contribution in [0, 0.1) is 0 Å². The van der Waals surface area contributed by atoms with Gasteiger partial charge in [0.1, 0.15) is 5.69 Å². The van der Waals surface area contributed by atoms with Gasteiger partial charge in [-0.1, -0.05) is 30.3 Å². The average Bonchev–Trinajstić information content (AvgIpc) is 3.21. The molecule has 0 spiro atoms. The molecule has 0 fully saturated rings. The van der Waals surface area contributed by atoms with E-state index in [0.717, 1.165) is 18.5 Å². The van der Waals surface area contributed by atoms with E-state index in [0.29, 0.717) is 17.0 Å². The van der Waals surface area contributed by atoms with E-state index >= 15 is 0 Å². The Kier molecular flexibility index (Phi) is 3.11. The fourth-order valence-corrected chi connectivity index (χ4v) is 3.03. The van der Waals surface area contributed by atoms with Crippen LogP contribution >= 0.6 is 0 Å². The zero-order valence-corrected chi connectivity index (χ0v) is 12.1. The minimum absolute atomic E-state index is 0.114. The number of aromatic amines is 2. The number of hydrogen-bond acceptors (Lipinski definition) is 3. The molecule has 5 heteroatoms. The normalized spacial score (nSPS) is 13.8. The fraction of sp³-hybridized carbons (Fsp3) is 0.235. The number of aryl methyl sites for hydroxylation is 2. The second-order valence-electron chi connectivity index (χ2n) is 5.61. The molecule has 1 aliphatic carbocycles. The van der Waals surface area contributed by atoms with Gasteiger partial charge in [0.05, 0.1) is 5.69 Å². The Balaban J connectivity index is 1.74. The third-order valence-corrected chi connectivity index (χ3v) is 4.17. The van der Waals surface area contributed by atoms with Gasteiger partial charge in [0.25, 0.3) is 0 Å². The summed E-state index contributed by atoms with van der Waals surface area (Å²) in [5.74, 6) is -0.114. The first-order valence-corrected chi connectivity index (χ1v) is 7.54.